The minimum atomic E-state index is -0.753. The van der Waals surface area contributed by atoms with Crippen LogP contribution in [0.1, 0.15) is 34.6 Å². The summed E-state index contributed by atoms with van der Waals surface area (Å²) in [5.74, 6) is -2.48. The number of imide groups is 1. The molecule has 0 unspecified atom stereocenters. The lowest BCUT2D eigenvalue weighted by molar-refractivity contribution is -0.152. The van der Waals surface area contributed by atoms with Gasteiger partial charge in [0.25, 0.3) is 0 Å². The summed E-state index contributed by atoms with van der Waals surface area (Å²) < 4.78 is 6.90. The van der Waals surface area contributed by atoms with Crippen LogP contribution in [0.25, 0.3) is 0 Å². The van der Waals surface area contributed by atoms with E-state index in [2.05, 4.69) is 0 Å². The Kier molecular flexibility index (Phi) is 4.80. The number of fused-ring (bicyclic) bond motifs is 1. The zero-order chi connectivity index (χ0) is 19.0. The molecule has 2 atom stereocenters. The molecule has 3 rings (SSSR count). The zero-order valence-corrected chi connectivity index (χ0v) is 15.2. The van der Waals surface area contributed by atoms with E-state index in [-0.39, 0.29) is 29.4 Å². The van der Waals surface area contributed by atoms with Gasteiger partial charge in [0.2, 0.25) is 17.6 Å². The van der Waals surface area contributed by atoms with Crippen molar-refractivity contribution in [2.45, 2.75) is 26.7 Å². The zero-order valence-electron chi connectivity index (χ0n) is 15.2. The molecule has 1 fully saturated rings. The number of hydrogen-bond donors (Lipinski definition) is 0. The first-order valence-electron chi connectivity index (χ1n) is 8.63. The molecule has 1 aromatic heterocycles. The van der Waals surface area contributed by atoms with Crippen LogP contribution >= 0.6 is 0 Å². The molecule has 1 saturated heterocycles. The van der Waals surface area contributed by atoms with Crippen LogP contribution in [0.2, 0.25) is 0 Å². The Bertz CT molecular complexity index is 794. The third-order valence-electron chi connectivity index (χ3n) is 5.33. The molecule has 0 bridgehead atoms. The number of hydrogen-bond acceptors (Lipinski definition) is 5. The van der Waals surface area contributed by atoms with Crippen LogP contribution < -0.4 is 0 Å². The van der Waals surface area contributed by atoms with Gasteiger partial charge < -0.3 is 9.30 Å². The quantitative estimate of drug-likeness (QED) is 0.343. The number of ketones is 1. The monoisotopic (exact) mass is 358 g/mol. The van der Waals surface area contributed by atoms with Gasteiger partial charge in [0.1, 0.15) is 6.54 Å². The highest BCUT2D eigenvalue weighted by atomic mass is 16.5. The smallest absolute Gasteiger partial charge is 0.326 e. The van der Waals surface area contributed by atoms with E-state index >= 15 is 0 Å². The average molecular weight is 358 g/mol. The number of carbonyl (C=O) groups is 4. The fourth-order valence-electron chi connectivity index (χ4n) is 3.56. The number of aromatic nitrogens is 1. The number of aryl methyl sites for hydroxylation is 1. The highest BCUT2D eigenvalue weighted by Gasteiger charge is 2.47. The number of allylic oxidation sites excluding steroid dienone is 2. The number of amides is 2. The number of carbonyl (C=O) groups excluding carboxylic acids is 4. The first-order valence-corrected chi connectivity index (χ1v) is 8.63. The van der Waals surface area contributed by atoms with Crippen molar-refractivity contribution < 1.29 is 23.9 Å². The number of esters is 1. The molecule has 2 heterocycles. The summed E-state index contributed by atoms with van der Waals surface area (Å²) in [6, 6.07) is 1.75. The summed E-state index contributed by atoms with van der Waals surface area (Å²) in [6.45, 7) is 2.85. The second-order valence-corrected chi connectivity index (χ2v) is 6.85. The Hall–Kier alpha value is -2.70. The highest BCUT2D eigenvalue weighted by molar-refractivity contribution is 6.07. The predicted molar refractivity (Wildman–Crippen MR) is 92.3 cm³/mol. The molecule has 0 N–H and O–H groups in total. The largest absolute Gasteiger partial charge is 0.456 e. The molecule has 0 saturated carbocycles. The van der Waals surface area contributed by atoms with Crippen LogP contribution in [0.15, 0.2) is 18.2 Å². The number of nitrogens with zero attached hydrogens (tertiary/aromatic N) is 2. The Balaban J connectivity index is 1.58. The van der Waals surface area contributed by atoms with Gasteiger partial charge in [-0.05, 0) is 32.8 Å². The van der Waals surface area contributed by atoms with Crippen molar-refractivity contribution in [1.82, 2.24) is 9.47 Å². The van der Waals surface area contributed by atoms with E-state index in [1.54, 1.807) is 6.07 Å². The second-order valence-electron chi connectivity index (χ2n) is 6.85. The van der Waals surface area contributed by atoms with E-state index in [9.17, 15) is 19.2 Å². The van der Waals surface area contributed by atoms with Crippen LogP contribution in [0.4, 0.5) is 0 Å². The Morgan fingerprint density at radius 3 is 2.19 bits per heavy atom. The lowest BCUT2D eigenvalue weighted by Gasteiger charge is -2.14. The molecule has 1 aliphatic carbocycles. The highest BCUT2D eigenvalue weighted by Crippen LogP contribution is 2.34. The minimum Gasteiger partial charge on any atom is -0.456 e. The lowest BCUT2D eigenvalue weighted by Crippen LogP contribution is -2.37. The summed E-state index contributed by atoms with van der Waals surface area (Å²) in [7, 11) is 1.85. The first kappa shape index (κ1) is 18.1. The van der Waals surface area contributed by atoms with Crippen LogP contribution in [-0.2, 0) is 26.2 Å². The Morgan fingerprint density at radius 1 is 1.12 bits per heavy atom. The van der Waals surface area contributed by atoms with Gasteiger partial charge in [0.15, 0.2) is 6.61 Å². The third-order valence-corrected chi connectivity index (χ3v) is 5.33. The summed E-state index contributed by atoms with van der Waals surface area (Å²) >= 11 is 0. The van der Waals surface area contributed by atoms with E-state index in [1.807, 2.05) is 37.6 Å². The lowest BCUT2D eigenvalue weighted by atomic mass is 9.85. The maximum Gasteiger partial charge on any atom is 0.326 e. The summed E-state index contributed by atoms with van der Waals surface area (Å²) in [5.41, 5.74) is 2.23. The fourth-order valence-corrected chi connectivity index (χ4v) is 3.56. The Labute approximate surface area is 151 Å². The molecular weight excluding hydrogens is 336 g/mol. The molecule has 2 amide bonds. The molecular formula is C19H22N2O5. The van der Waals surface area contributed by atoms with Crippen molar-refractivity contribution in [3.05, 3.63) is 35.2 Å². The van der Waals surface area contributed by atoms with E-state index in [4.69, 9.17) is 4.74 Å². The van der Waals surface area contributed by atoms with Crippen molar-refractivity contribution in [3.8, 4) is 0 Å². The first-order chi connectivity index (χ1) is 12.3. The average Bonchev–Trinajstić information content (AvgIpc) is 3.03. The van der Waals surface area contributed by atoms with Crippen LogP contribution in [-0.4, -0.2) is 46.2 Å². The number of Topliss-reactive ketones (excluding diaryl/α,β-unsaturated/α-hetero) is 1. The molecule has 2 aliphatic rings. The molecule has 7 heteroatoms. The summed E-state index contributed by atoms with van der Waals surface area (Å²) in [4.78, 5) is 49.9. The van der Waals surface area contributed by atoms with Gasteiger partial charge in [0.05, 0.1) is 11.8 Å². The van der Waals surface area contributed by atoms with Crippen LogP contribution in [0.3, 0.4) is 0 Å². The molecule has 0 aromatic carbocycles. The van der Waals surface area contributed by atoms with Crippen molar-refractivity contribution in [3.63, 3.8) is 0 Å². The van der Waals surface area contributed by atoms with Gasteiger partial charge in [-0.15, -0.1) is 0 Å². The van der Waals surface area contributed by atoms with E-state index in [0.717, 1.165) is 16.3 Å². The van der Waals surface area contributed by atoms with Crippen molar-refractivity contribution >= 4 is 23.6 Å². The van der Waals surface area contributed by atoms with Crippen LogP contribution in [0.5, 0.6) is 0 Å². The number of likely N-dealkylation sites (tertiary alicyclic amines) is 1. The molecule has 0 radical (unpaired) electrons. The summed E-state index contributed by atoms with van der Waals surface area (Å²) in [6.07, 6.45) is 4.81. The maximum atomic E-state index is 12.3. The van der Waals surface area contributed by atoms with Gasteiger partial charge in [-0.25, -0.2) is 0 Å². The van der Waals surface area contributed by atoms with E-state index in [0.29, 0.717) is 18.4 Å². The topological polar surface area (TPSA) is 85.7 Å². The van der Waals surface area contributed by atoms with Gasteiger partial charge in [-0.1, -0.05) is 12.2 Å². The Morgan fingerprint density at radius 2 is 1.69 bits per heavy atom. The minimum absolute atomic E-state index is 0.309. The van der Waals surface area contributed by atoms with Gasteiger partial charge in [-0.2, -0.15) is 0 Å². The number of ether oxygens (including phenoxy) is 1. The standard InChI is InChI=1S/C19H22N2O5/c1-11-8-15(12(2)20(11)3)16(22)10-26-17(23)9-21-18(24)13-6-4-5-7-14(13)19(21)25/h4-5,8,13-14H,6-7,9-10H2,1-3H3/t13-,14-/m1/s1. The van der Waals surface area contributed by atoms with E-state index < -0.39 is 19.1 Å². The molecule has 1 aromatic rings. The molecule has 7 nitrogen and oxygen atoms in total. The predicted octanol–water partition coefficient (Wildman–Crippen LogP) is 1.32. The molecule has 138 valence electrons. The summed E-state index contributed by atoms with van der Waals surface area (Å²) in [5, 5.41) is 0. The third kappa shape index (κ3) is 3.09. The molecule has 0 spiro atoms. The molecule has 26 heavy (non-hydrogen) atoms. The number of rotatable bonds is 5. The van der Waals surface area contributed by atoms with Gasteiger partial charge in [-0.3, -0.25) is 24.1 Å². The van der Waals surface area contributed by atoms with Gasteiger partial charge in [0, 0.05) is 24.0 Å². The van der Waals surface area contributed by atoms with Crippen molar-refractivity contribution in [2.75, 3.05) is 13.2 Å². The SMILES string of the molecule is Cc1cc(C(=O)COC(=O)CN2C(=O)[C@@H]3CC=CC[C@H]3C2=O)c(C)n1C. The van der Waals surface area contributed by atoms with E-state index in [1.165, 1.54) is 0 Å². The molecule has 1 aliphatic heterocycles. The van der Waals surface area contributed by atoms with Crippen molar-refractivity contribution in [1.29, 1.82) is 0 Å². The van der Waals surface area contributed by atoms with Crippen molar-refractivity contribution in [2.24, 2.45) is 18.9 Å². The fraction of sp³-hybridized carbons (Fsp3) is 0.474. The second kappa shape index (κ2) is 6.90. The van der Waals surface area contributed by atoms with Gasteiger partial charge >= 0.3 is 5.97 Å². The maximum absolute atomic E-state index is 12.3. The normalized spacial score (nSPS) is 21.9. The van der Waals surface area contributed by atoms with Crippen LogP contribution in [0, 0.1) is 25.7 Å².